The Morgan fingerprint density at radius 1 is 1.17 bits per heavy atom. The second-order valence-electron chi connectivity index (χ2n) is 4.43. The summed E-state index contributed by atoms with van der Waals surface area (Å²) >= 11 is 5.49. The number of amides is 1. The van der Waals surface area contributed by atoms with Gasteiger partial charge in [0.1, 0.15) is 0 Å². The number of aryl methyl sites for hydroxylation is 1. The van der Waals surface area contributed by atoms with Crippen LogP contribution in [0.4, 0.5) is 4.79 Å². The smallest absolute Gasteiger partial charge is 0.424 e. The van der Waals surface area contributed by atoms with Crippen molar-refractivity contribution in [2.75, 3.05) is 20.9 Å². The quantitative estimate of drug-likeness (QED) is 0.267. The van der Waals surface area contributed by atoms with Crippen LogP contribution in [0.15, 0.2) is 29.4 Å². The van der Waals surface area contributed by atoms with Crippen LogP contribution in [0.3, 0.4) is 0 Å². The minimum Gasteiger partial charge on any atom is -0.424 e. The first-order valence-electron chi connectivity index (χ1n) is 6.34. The highest BCUT2D eigenvalue weighted by Gasteiger charge is 2.14. The van der Waals surface area contributed by atoms with E-state index in [0.717, 1.165) is 10.5 Å². The summed E-state index contributed by atoms with van der Waals surface area (Å²) in [6.45, 7) is 1.07. The van der Waals surface area contributed by atoms with Crippen molar-refractivity contribution in [1.82, 2.24) is 4.90 Å². The molecule has 8 nitrogen and oxygen atoms in total. The monoisotopic (exact) mass is 342 g/mol. The summed E-state index contributed by atoms with van der Waals surface area (Å²) in [5.41, 5.74) is 1.07. The molecule has 0 fully saturated rings. The number of hydrogen-bond acceptors (Lipinski definition) is 7. The minimum absolute atomic E-state index is 0.349. The summed E-state index contributed by atoms with van der Waals surface area (Å²) in [6, 6.07) is 6.77. The molecule has 1 rings (SSSR count). The zero-order chi connectivity index (χ0) is 17.4. The molecule has 0 N–H and O–H groups in total. The molecule has 0 heterocycles. The number of rotatable bonds is 5. The largest absolute Gasteiger partial charge is 0.538 e. The molecule has 0 aliphatic carbocycles. The van der Waals surface area contributed by atoms with Gasteiger partial charge < -0.3 is 14.4 Å². The summed E-state index contributed by atoms with van der Waals surface area (Å²) in [5.74, 6) is -1.30. The third-order valence-electron chi connectivity index (χ3n) is 2.51. The molecule has 23 heavy (non-hydrogen) atoms. The third-order valence-corrected chi connectivity index (χ3v) is 2.75. The number of carbonyl (C=O) groups excluding carboxylic acids is 3. The maximum atomic E-state index is 11.7. The lowest BCUT2D eigenvalue weighted by molar-refractivity contribution is -0.121. The molecule has 0 radical (unpaired) electrons. The summed E-state index contributed by atoms with van der Waals surface area (Å²) in [5, 5.41) is 2.54. The average Bonchev–Trinajstić information content (AvgIpc) is 2.51. The van der Waals surface area contributed by atoms with Crippen LogP contribution in [0.5, 0.6) is 0 Å². The highest BCUT2D eigenvalue weighted by atomic mass is 35.5. The molecule has 1 amide bonds. The number of oxime groups is 1. The van der Waals surface area contributed by atoms with Gasteiger partial charge in [0.2, 0.25) is 12.0 Å². The number of nitrogens with zero attached hydrogens (tertiary/aromatic N) is 2. The highest BCUT2D eigenvalue weighted by molar-refractivity contribution is 6.82. The standard InChI is InChI=1S/C14H15ClN2O6/c1-9-6-4-5-7-10(9)13(19)21-8-22-14(20)23-16-11(15)12(18)17(2)3/h4-7H,8H2,1-3H3. The molecule has 0 saturated heterocycles. The van der Waals surface area contributed by atoms with E-state index in [4.69, 9.17) is 16.3 Å². The zero-order valence-corrected chi connectivity index (χ0v) is 13.5. The van der Waals surface area contributed by atoms with Crippen molar-refractivity contribution in [2.45, 2.75) is 6.92 Å². The first-order chi connectivity index (χ1) is 10.8. The topological polar surface area (TPSA) is 94.5 Å². The number of benzene rings is 1. The maximum Gasteiger partial charge on any atom is 0.538 e. The second kappa shape index (κ2) is 8.74. The van der Waals surface area contributed by atoms with Crippen LogP contribution >= 0.6 is 11.6 Å². The number of ether oxygens (including phenoxy) is 2. The van der Waals surface area contributed by atoms with Gasteiger partial charge in [-0.15, -0.1) is 0 Å². The lowest BCUT2D eigenvalue weighted by Crippen LogP contribution is -2.27. The van der Waals surface area contributed by atoms with Gasteiger partial charge in [0.15, 0.2) is 0 Å². The Kier molecular flexibility index (Phi) is 7.01. The van der Waals surface area contributed by atoms with E-state index >= 15 is 0 Å². The summed E-state index contributed by atoms with van der Waals surface area (Å²) in [7, 11) is 2.90. The summed E-state index contributed by atoms with van der Waals surface area (Å²) in [6.07, 6.45) is -1.27. The normalized spacial score (nSPS) is 10.7. The van der Waals surface area contributed by atoms with Crippen LogP contribution in [0.25, 0.3) is 0 Å². The van der Waals surface area contributed by atoms with Crippen molar-refractivity contribution < 1.29 is 28.7 Å². The van der Waals surface area contributed by atoms with Gasteiger partial charge in [0.05, 0.1) is 5.56 Å². The zero-order valence-electron chi connectivity index (χ0n) is 12.7. The molecule has 0 atom stereocenters. The van der Waals surface area contributed by atoms with E-state index in [1.807, 2.05) is 0 Å². The van der Waals surface area contributed by atoms with Gasteiger partial charge in [-0.2, -0.15) is 0 Å². The van der Waals surface area contributed by atoms with E-state index in [0.29, 0.717) is 5.56 Å². The average molecular weight is 343 g/mol. The fraction of sp³-hybridized carbons (Fsp3) is 0.286. The Balaban J connectivity index is 2.40. The van der Waals surface area contributed by atoms with Gasteiger partial charge in [0, 0.05) is 14.1 Å². The Hall–Kier alpha value is -2.61. The molecule has 1 aromatic carbocycles. The fourth-order valence-corrected chi connectivity index (χ4v) is 1.54. The van der Waals surface area contributed by atoms with Crippen LogP contribution in [0, 0.1) is 6.92 Å². The fourth-order valence-electron chi connectivity index (χ4n) is 1.34. The number of carbonyl (C=O) groups is 3. The van der Waals surface area contributed by atoms with Gasteiger partial charge in [-0.05, 0) is 18.6 Å². The number of esters is 1. The molecule has 0 unspecified atom stereocenters. The molecule has 0 spiro atoms. The van der Waals surface area contributed by atoms with Gasteiger partial charge in [-0.1, -0.05) is 35.0 Å². The number of hydrogen-bond donors (Lipinski definition) is 0. The SMILES string of the molecule is Cc1ccccc1C(=O)OCOC(=O)ON=C(Cl)C(=O)N(C)C. The Morgan fingerprint density at radius 3 is 2.43 bits per heavy atom. The summed E-state index contributed by atoms with van der Waals surface area (Å²) in [4.78, 5) is 39.6. The van der Waals surface area contributed by atoms with Crippen molar-refractivity contribution in [2.24, 2.45) is 5.16 Å². The molecule has 0 aromatic heterocycles. The highest BCUT2D eigenvalue weighted by Crippen LogP contribution is 2.08. The van der Waals surface area contributed by atoms with Gasteiger partial charge in [0.25, 0.3) is 5.91 Å². The third kappa shape index (κ3) is 5.95. The Morgan fingerprint density at radius 2 is 1.83 bits per heavy atom. The molecule has 1 aromatic rings. The lowest BCUT2D eigenvalue weighted by Gasteiger charge is -2.08. The van der Waals surface area contributed by atoms with Crippen molar-refractivity contribution in [3.63, 3.8) is 0 Å². The molecule has 0 aliphatic heterocycles. The van der Waals surface area contributed by atoms with E-state index in [1.165, 1.54) is 14.1 Å². The first-order valence-corrected chi connectivity index (χ1v) is 6.72. The predicted octanol–water partition coefficient (Wildman–Crippen LogP) is 1.90. The molecular formula is C14H15ClN2O6. The molecular weight excluding hydrogens is 328 g/mol. The van der Waals surface area contributed by atoms with Gasteiger partial charge in [-0.3, -0.25) is 9.63 Å². The van der Waals surface area contributed by atoms with E-state index in [-0.39, 0.29) is 0 Å². The van der Waals surface area contributed by atoms with Crippen molar-refractivity contribution in [3.8, 4) is 0 Å². The van der Waals surface area contributed by atoms with Gasteiger partial charge >= 0.3 is 12.1 Å². The molecule has 9 heteroatoms. The van der Waals surface area contributed by atoms with E-state index in [9.17, 15) is 14.4 Å². The first kappa shape index (κ1) is 18.4. The molecule has 124 valence electrons. The summed E-state index contributed by atoms with van der Waals surface area (Å²) < 4.78 is 9.22. The van der Waals surface area contributed by atoms with Crippen LogP contribution in [0.2, 0.25) is 0 Å². The van der Waals surface area contributed by atoms with Gasteiger partial charge in [-0.25, -0.2) is 9.59 Å². The molecule has 0 saturated carbocycles. The maximum absolute atomic E-state index is 11.7. The lowest BCUT2D eigenvalue weighted by atomic mass is 10.1. The van der Waals surface area contributed by atoms with Crippen LogP contribution < -0.4 is 0 Å². The van der Waals surface area contributed by atoms with E-state index in [2.05, 4.69) is 14.7 Å². The predicted molar refractivity (Wildman–Crippen MR) is 81.0 cm³/mol. The van der Waals surface area contributed by atoms with Crippen molar-refractivity contribution in [1.29, 1.82) is 0 Å². The van der Waals surface area contributed by atoms with Crippen molar-refractivity contribution >= 4 is 34.8 Å². The Bertz CT molecular complexity index is 629. The van der Waals surface area contributed by atoms with E-state index in [1.54, 1.807) is 31.2 Å². The molecule has 0 bridgehead atoms. The van der Waals surface area contributed by atoms with Crippen molar-refractivity contribution in [3.05, 3.63) is 35.4 Å². The minimum atomic E-state index is -1.27. The molecule has 0 aliphatic rings. The van der Waals surface area contributed by atoms with Crippen LogP contribution in [0.1, 0.15) is 15.9 Å². The number of halogens is 1. The second-order valence-corrected chi connectivity index (χ2v) is 4.79. The van der Waals surface area contributed by atoms with Crippen LogP contribution in [-0.2, 0) is 19.1 Å². The van der Waals surface area contributed by atoms with Crippen LogP contribution in [-0.4, -0.2) is 49.0 Å². The van der Waals surface area contributed by atoms with E-state index < -0.39 is 30.0 Å². The Labute approximate surface area is 137 Å².